The number of hydrogen-bond donors (Lipinski definition) is 3. The molecule has 0 bridgehead atoms. The highest BCUT2D eigenvalue weighted by atomic mass is 35.5. The number of aliphatic hydroxyl groups is 1. The number of aliphatic hydroxyl groups excluding tert-OH is 1. The van der Waals surface area contributed by atoms with Gasteiger partial charge in [-0.2, -0.15) is 0 Å². The first-order valence-corrected chi connectivity index (χ1v) is 6.53. The van der Waals surface area contributed by atoms with Gasteiger partial charge in [0.05, 0.1) is 23.1 Å². The Kier molecular flexibility index (Phi) is 5.61. The highest BCUT2D eigenvalue weighted by Gasteiger charge is 2.07. The van der Waals surface area contributed by atoms with E-state index in [-0.39, 0.29) is 17.8 Å². The molecule has 0 spiro atoms. The number of amides is 1. The van der Waals surface area contributed by atoms with Crippen LogP contribution in [-0.2, 0) is 4.79 Å². The Bertz CT molecular complexity index is 401. The van der Waals surface area contributed by atoms with Crippen LogP contribution in [0, 0.1) is 0 Å². The number of anilines is 2. The van der Waals surface area contributed by atoms with Crippen molar-refractivity contribution < 1.29 is 9.90 Å². The highest BCUT2D eigenvalue weighted by Crippen LogP contribution is 2.22. The molecule has 0 aromatic heterocycles. The molecule has 94 valence electrons. The van der Waals surface area contributed by atoms with Gasteiger partial charge in [0.25, 0.3) is 0 Å². The molecule has 0 aliphatic heterocycles. The van der Waals surface area contributed by atoms with Gasteiger partial charge in [-0.3, -0.25) is 4.79 Å². The summed E-state index contributed by atoms with van der Waals surface area (Å²) >= 11 is 7.16. The van der Waals surface area contributed by atoms with Gasteiger partial charge in [0.2, 0.25) is 5.91 Å². The van der Waals surface area contributed by atoms with Gasteiger partial charge in [0, 0.05) is 10.9 Å². The fourth-order valence-corrected chi connectivity index (χ4v) is 1.82. The summed E-state index contributed by atoms with van der Waals surface area (Å²) in [5.41, 5.74) is 6.67. The van der Waals surface area contributed by atoms with Crippen molar-refractivity contribution in [2.45, 2.75) is 12.2 Å². The molecule has 0 saturated carbocycles. The Labute approximate surface area is 110 Å². The van der Waals surface area contributed by atoms with E-state index in [0.717, 1.165) is 0 Å². The van der Waals surface area contributed by atoms with Crippen molar-refractivity contribution in [3.05, 3.63) is 23.2 Å². The van der Waals surface area contributed by atoms with E-state index in [1.54, 1.807) is 18.2 Å². The van der Waals surface area contributed by atoms with Gasteiger partial charge in [0.1, 0.15) is 0 Å². The summed E-state index contributed by atoms with van der Waals surface area (Å²) in [7, 11) is 0. The van der Waals surface area contributed by atoms with Crippen LogP contribution in [0.2, 0.25) is 5.02 Å². The topological polar surface area (TPSA) is 75.3 Å². The third kappa shape index (κ3) is 4.85. The average molecular weight is 275 g/mol. The van der Waals surface area contributed by atoms with Crippen LogP contribution in [0.15, 0.2) is 18.2 Å². The summed E-state index contributed by atoms with van der Waals surface area (Å²) in [4.78, 5) is 11.5. The Balaban J connectivity index is 2.48. The lowest BCUT2D eigenvalue weighted by atomic mass is 10.3. The lowest BCUT2D eigenvalue weighted by Crippen LogP contribution is -2.16. The maximum atomic E-state index is 11.5. The fraction of sp³-hybridized carbons (Fsp3) is 0.364. The number of nitrogens with one attached hydrogen (secondary N) is 1. The number of thioether (sulfide) groups is 1. The van der Waals surface area contributed by atoms with Crippen molar-refractivity contribution in [1.82, 2.24) is 0 Å². The lowest BCUT2D eigenvalue weighted by molar-refractivity contribution is -0.113. The smallest absolute Gasteiger partial charge is 0.234 e. The number of nitrogens with two attached hydrogens (primary N) is 1. The zero-order valence-electron chi connectivity index (χ0n) is 9.44. The quantitative estimate of drug-likeness (QED) is 0.718. The van der Waals surface area contributed by atoms with Crippen molar-refractivity contribution in [2.24, 2.45) is 0 Å². The zero-order valence-corrected chi connectivity index (χ0v) is 11.0. The SMILES string of the molecule is CC(CO)SCC(=O)Nc1ccc(Cl)c(N)c1. The van der Waals surface area contributed by atoms with Crippen LogP contribution < -0.4 is 11.1 Å². The van der Waals surface area contributed by atoms with E-state index in [0.29, 0.717) is 22.2 Å². The molecule has 4 nitrogen and oxygen atoms in total. The minimum absolute atomic E-state index is 0.0519. The molecule has 0 saturated heterocycles. The molecule has 1 unspecified atom stereocenters. The summed E-state index contributed by atoms with van der Waals surface area (Å²) in [6, 6.07) is 4.94. The third-order valence-corrected chi connectivity index (χ3v) is 3.53. The first kappa shape index (κ1) is 14.2. The third-order valence-electron chi connectivity index (χ3n) is 2.04. The van der Waals surface area contributed by atoms with E-state index < -0.39 is 0 Å². The minimum atomic E-state index is -0.128. The van der Waals surface area contributed by atoms with Crippen LogP contribution in [0.1, 0.15) is 6.92 Å². The molecule has 0 radical (unpaired) electrons. The molecule has 1 aromatic rings. The van der Waals surface area contributed by atoms with Gasteiger partial charge in [-0.15, -0.1) is 11.8 Å². The molecular weight excluding hydrogens is 260 g/mol. The molecule has 1 amide bonds. The molecule has 1 aromatic carbocycles. The average Bonchev–Trinajstić information content (AvgIpc) is 2.31. The van der Waals surface area contributed by atoms with Crippen molar-refractivity contribution >= 4 is 40.6 Å². The maximum absolute atomic E-state index is 11.5. The largest absolute Gasteiger partial charge is 0.397 e. The van der Waals surface area contributed by atoms with Crippen LogP contribution in [0.5, 0.6) is 0 Å². The lowest BCUT2D eigenvalue weighted by Gasteiger charge is -2.09. The number of carbonyl (C=O) groups excluding carboxylic acids is 1. The molecule has 0 aliphatic rings. The predicted octanol–water partition coefficient (Wildman–Crippen LogP) is 1.97. The first-order valence-electron chi connectivity index (χ1n) is 5.10. The highest BCUT2D eigenvalue weighted by molar-refractivity contribution is 8.00. The van der Waals surface area contributed by atoms with Gasteiger partial charge in [-0.25, -0.2) is 0 Å². The number of nitrogen functional groups attached to an aromatic ring is 1. The second-order valence-electron chi connectivity index (χ2n) is 3.59. The molecule has 1 rings (SSSR count). The molecule has 4 N–H and O–H groups in total. The fourth-order valence-electron chi connectivity index (χ4n) is 1.09. The van der Waals surface area contributed by atoms with Crippen LogP contribution in [-0.4, -0.2) is 28.6 Å². The van der Waals surface area contributed by atoms with Gasteiger partial charge >= 0.3 is 0 Å². The molecule has 0 heterocycles. The number of rotatable bonds is 5. The Morgan fingerprint density at radius 2 is 2.35 bits per heavy atom. The standard InChI is InChI=1S/C11H15ClN2O2S/c1-7(5-15)17-6-11(16)14-8-2-3-9(12)10(13)4-8/h2-4,7,15H,5-6,13H2,1H3,(H,14,16). The first-order chi connectivity index (χ1) is 8.02. The van der Waals surface area contributed by atoms with Crippen LogP contribution in [0.3, 0.4) is 0 Å². The van der Waals surface area contributed by atoms with Crippen LogP contribution in [0.4, 0.5) is 11.4 Å². The van der Waals surface area contributed by atoms with Crippen molar-refractivity contribution in [3.63, 3.8) is 0 Å². The molecule has 0 fully saturated rings. The van der Waals surface area contributed by atoms with Crippen molar-refractivity contribution in [1.29, 1.82) is 0 Å². The van der Waals surface area contributed by atoms with E-state index in [4.69, 9.17) is 22.4 Å². The number of hydrogen-bond acceptors (Lipinski definition) is 4. The van der Waals surface area contributed by atoms with Crippen LogP contribution >= 0.6 is 23.4 Å². The number of carbonyl (C=O) groups is 1. The number of benzene rings is 1. The van der Waals surface area contributed by atoms with E-state index in [9.17, 15) is 4.79 Å². The van der Waals surface area contributed by atoms with E-state index in [1.165, 1.54) is 11.8 Å². The molecule has 17 heavy (non-hydrogen) atoms. The molecule has 1 atom stereocenters. The summed E-state index contributed by atoms with van der Waals surface area (Å²) < 4.78 is 0. The second-order valence-corrected chi connectivity index (χ2v) is 5.42. The predicted molar refractivity (Wildman–Crippen MR) is 73.5 cm³/mol. The molecular formula is C11H15ClN2O2S. The van der Waals surface area contributed by atoms with E-state index >= 15 is 0 Å². The van der Waals surface area contributed by atoms with E-state index in [1.807, 2.05) is 6.92 Å². The van der Waals surface area contributed by atoms with E-state index in [2.05, 4.69) is 5.32 Å². The van der Waals surface area contributed by atoms with Gasteiger partial charge in [-0.1, -0.05) is 18.5 Å². The Morgan fingerprint density at radius 3 is 2.94 bits per heavy atom. The van der Waals surface area contributed by atoms with Gasteiger partial charge in [-0.05, 0) is 18.2 Å². The molecule has 6 heteroatoms. The maximum Gasteiger partial charge on any atom is 0.234 e. The summed E-state index contributed by atoms with van der Waals surface area (Å²) in [6.07, 6.45) is 0. The van der Waals surface area contributed by atoms with Gasteiger partial charge < -0.3 is 16.2 Å². The Morgan fingerprint density at radius 1 is 1.65 bits per heavy atom. The van der Waals surface area contributed by atoms with Crippen molar-refractivity contribution in [2.75, 3.05) is 23.4 Å². The van der Waals surface area contributed by atoms with Gasteiger partial charge in [0.15, 0.2) is 0 Å². The normalized spacial score (nSPS) is 12.2. The Hall–Kier alpha value is -0.910. The summed E-state index contributed by atoms with van der Waals surface area (Å²) in [5, 5.41) is 12.0. The number of halogens is 1. The second kappa shape index (κ2) is 6.74. The monoisotopic (exact) mass is 274 g/mol. The summed E-state index contributed by atoms with van der Waals surface area (Å²) in [6.45, 7) is 1.92. The minimum Gasteiger partial charge on any atom is -0.397 e. The van der Waals surface area contributed by atoms with Crippen molar-refractivity contribution in [3.8, 4) is 0 Å². The zero-order chi connectivity index (χ0) is 12.8. The van der Waals surface area contributed by atoms with Crippen LogP contribution in [0.25, 0.3) is 0 Å². The molecule has 0 aliphatic carbocycles. The summed E-state index contributed by atoms with van der Waals surface area (Å²) in [5.74, 6) is 0.168.